The number of nitro groups is 1. The molecule has 0 saturated carbocycles. The Morgan fingerprint density at radius 3 is 2.52 bits per heavy atom. The second-order valence-electron chi connectivity index (χ2n) is 5.01. The van der Waals surface area contributed by atoms with Crippen LogP contribution in [0.5, 0.6) is 11.5 Å². The van der Waals surface area contributed by atoms with Gasteiger partial charge in [-0.25, -0.2) is 9.82 Å². The van der Waals surface area contributed by atoms with Crippen LogP contribution < -0.4 is 15.5 Å². The molecule has 2 aromatic rings. The Balaban J connectivity index is 2.04. The zero-order valence-corrected chi connectivity index (χ0v) is 13.8. The maximum Gasteiger partial charge on any atom is 0.329 e. The number of nitro benzene ring substituents is 1. The van der Waals surface area contributed by atoms with Crippen molar-refractivity contribution < 1.29 is 28.7 Å². The Hall–Kier alpha value is -4.02. The fraction of sp³-hybridized carbons (Fsp3) is 0.0625. The minimum Gasteiger partial charge on any atom is -0.500 e. The molecule has 0 saturated heterocycles. The van der Waals surface area contributed by atoms with Crippen molar-refractivity contribution in [3.8, 4) is 11.5 Å². The zero-order valence-electron chi connectivity index (χ0n) is 13.8. The van der Waals surface area contributed by atoms with Gasteiger partial charge in [-0.3, -0.25) is 19.7 Å². The topological polar surface area (TPSA) is 143 Å². The van der Waals surface area contributed by atoms with E-state index in [0.29, 0.717) is 0 Å². The van der Waals surface area contributed by atoms with Gasteiger partial charge in [-0.2, -0.15) is 5.10 Å². The Morgan fingerprint density at radius 2 is 1.93 bits per heavy atom. The second kappa shape index (κ2) is 8.38. The molecule has 0 aromatic heterocycles. The third kappa shape index (κ3) is 4.98. The van der Waals surface area contributed by atoms with E-state index in [1.807, 2.05) is 5.43 Å². The number of benzene rings is 2. The van der Waals surface area contributed by atoms with Crippen LogP contribution in [-0.2, 0) is 9.59 Å². The maximum absolute atomic E-state index is 12.8. The standard InChI is InChI=1S/C16H13FN4O6/c1-27-13-7-9(6-12(14(13)22)21(25)26)8-18-20-16(24)15(23)19-11-4-2-10(17)3-5-11/h2-8,22H,1H3,(H,19,23)(H,20,24)/b18-8-. The number of hydrogen-bond acceptors (Lipinski definition) is 7. The van der Waals surface area contributed by atoms with Gasteiger partial charge in [0.05, 0.1) is 18.2 Å². The molecule has 0 aliphatic rings. The van der Waals surface area contributed by atoms with E-state index < -0.39 is 34.0 Å². The van der Waals surface area contributed by atoms with Gasteiger partial charge in [0.2, 0.25) is 5.75 Å². The van der Waals surface area contributed by atoms with E-state index in [2.05, 4.69) is 10.4 Å². The highest BCUT2D eigenvalue weighted by Crippen LogP contribution is 2.36. The fourth-order valence-electron chi connectivity index (χ4n) is 1.92. The molecule has 0 fully saturated rings. The van der Waals surface area contributed by atoms with E-state index >= 15 is 0 Å². The van der Waals surface area contributed by atoms with E-state index in [-0.39, 0.29) is 17.0 Å². The van der Waals surface area contributed by atoms with E-state index in [1.165, 1.54) is 25.3 Å². The van der Waals surface area contributed by atoms with Gasteiger partial charge in [0.25, 0.3) is 0 Å². The molecule has 0 bridgehead atoms. The first kappa shape index (κ1) is 19.3. The lowest BCUT2D eigenvalue weighted by Crippen LogP contribution is -2.32. The number of aromatic hydroxyl groups is 1. The number of nitrogens with zero attached hydrogens (tertiary/aromatic N) is 2. The predicted octanol–water partition coefficient (Wildman–Crippen LogP) is 1.54. The van der Waals surface area contributed by atoms with Crippen LogP contribution in [0.3, 0.4) is 0 Å². The SMILES string of the molecule is COc1cc(/C=N\NC(=O)C(=O)Nc2ccc(F)cc2)cc([N+](=O)[O-])c1O. The van der Waals surface area contributed by atoms with Crippen LogP contribution in [-0.4, -0.2) is 35.2 Å². The first-order valence-electron chi connectivity index (χ1n) is 7.27. The summed E-state index contributed by atoms with van der Waals surface area (Å²) in [4.78, 5) is 33.5. The molecule has 2 aromatic carbocycles. The molecule has 3 N–H and O–H groups in total. The number of rotatable bonds is 5. The lowest BCUT2D eigenvalue weighted by Gasteiger charge is -2.05. The summed E-state index contributed by atoms with van der Waals surface area (Å²) in [5.41, 5.74) is 1.66. The van der Waals surface area contributed by atoms with Crippen molar-refractivity contribution in [3.05, 3.63) is 57.9 Å². The van der Waals surface area contributed by atoms with Crippen molar-refractivity contribution in [2.24, 2.45) is 5.10 Å². The summed E-state index contributed by atoms with van der Waals surface area (Å²) in [7, 11) is 1.21. The largest absolute Gasteiger partial charge is 0.500 e. The minimum atomic E-state index is -1.11. The number of phenolic OH excluding ortho intramolecular Hbond substituents is 1. The van der Waals surface area contributed by atoms with Crippen molar-refractivity contribution in [1.82, 2.24) is 5.43 Å². The summed E-state index contributed by atoms with van der Waals surface area (Å²) in [5, 5.41) is 26.3. The molecule has 11 heteroatoms. The second-order valence-corrected chi connectivity index (χ2v) is 5.01. The summed E-state index contributed by atoms with van der Waals surface area (Å²) in [5.74, 6) is -3.47. The number of hydrogen-bond donors (Lipinski definition) is 3. The molecular weight excluding hydrogens is 363 g/mol. The van der Waals surface area contributed by atoms with E-state index in [0.717, 1.165) is 24.4 Å². The fourth-order valence-corrected chi connectivity index (χ4v) is 1.92. The monoisotopic (exact) mass is 376 g/mol. The molecule has 0 spiro atoms. The first-order chi connectivity index (χ1) is 12.8. The van der Waals surface area contributed by atoms with Gasteiger partial charge in [-0.15, -0.1) is 0 Å². The number of phenols is 1. The number of anilines is 1. The average Bonchev–Trinajstić information content (AvgIpc) is 2.64. The summed E-state index contributed by atoms with van der Waals surface area (Å²) < 4.78 is 17.6. The minimum absolute atomic E-state index is 0.135. The van der Waals surface area contributed by atoms with Crippen molar-refractivity contribution >= 4 is 29.4 Å². The summed E-state index contributed by atoms with van der Waals surface area (Å²) in [6, 6.07) is 7.01. The van der Waals surface area contributed by atoms with E-state index in [1.54, 1.807) is 0 Å². The van der Waals surface area contributed by atoms with Gasteiger partial charge >= 0.3 is 17.5 Å². The molecule has 10 nitrogen and oxygen atoms in total. The summed E-state index contributed by atoms with van der Waals surface area (Å²) >= 11 is 0. The molecular formula is C16H13FN4O6. The zero-order chi connectivity index (χ0) is 20.0. The van der Waals surface area contributed by atoms with Gasteiger partial charge in [0.15, 0.2) is 5.75 Å². The van der Waals surface area contributed by atoms with E-state index in [4.69, 9.17) is 4.74 Å². The van der Waals surface area contributed by atoms with Gasteiger partial charge in [-0.05, 0) is 30.3 Å². The molecule has 0 heterocycles. The third-order valence-corrected chi connectivity index (χ3v) is 3.18. The quantitative estimate of drug-likeness (QED) is 0.313. The lowest BCUT2D eigenvalue weighted by atomic mass is 10.2. The Kier molecular flexibility index (Phi) is 5.99. The van der Waals surface area contributed by atoms with Crippen molar-refractivity contribution in [2.45, 2.75) is 0 Å². The molecule has 2 amide bonds. The average molecular weight is 376 g/mol. The number of carbonyl (C=O) groups is 2. The number of ether oxygens (including phenoxy) is 1. The summed E-state index contributed by atoms with van der Waals surface area (Å²) in [6.07, 6.45) is 1.03. The molecule has 0 unspecified atom stereocenters. The van der Waals surface area contributed by atoms with Crippen LogP contribution in [0.25, 0.3) is 0 Å². The van der Waals surface area contributed by atoms with Crippen LogP contribution in [0.4, 0.5) is 15.8 Å². The van der Waals surface area contributed by atoms with Crippen LogP contribution in [0.1, 0.15) is 5.56 Å². The van der Waals surface area contributed by atoms with Gasteiger partial charge in [0, 0.05) is 17.3 Å². The van der Waals surface area contributed by atoms with Gasteiger partial charge in [0.1, 0.15) is 5.82 Å². The normalized spacial score (nSPS) is 10.4. The number of halogens is 1. The van der Waals surface area contributed by atoms with Crippen molar-refractivity contribution in [3.63, 3.8) is 0 Å². The molecule has 27 heavy (non-hydrogen) atoms. The number of hydrazone groups is 1. The Morgan fingerprint density at radius 1 is 1.26 bits per heavy atom. The highest BCUT2D eigenvalue weighted by molar-refractivity contribution is 6.39. The molecule has 0 aliphatic heterocycles. The number of nitrogens with one attached hydrogen (secondary N) is 2. The summed E-state index contributed by atoms with van der Waals surface area (Å²) in [6.45, 7) is 0. The smallest absolute Gasteiger partial charge is 0.329 e. The van der Waals surface area contributed by atoms with Crippen molar-refractivity contribution in [1.29, 1.82) is 0 Å². The molecule has 0 atom stereocenters. The lowest BCUT2D eigenvalue weighted by molar-refractivity contribution is -0.386. The Labute approximate surface area is 151 Å². The molecule has 0 aliphatic carbocycles. The number of carbonyl (C=O) groups excluding carboxylic acids is 2. The van der Waals surface area contributed by atoms with Crippen LogP contribution in [0.2, 0.25) is 0 Å². The highest BCUT2D eigenvalue weighted by Gasteiger charge is 2.19. The van der Waals surface area contributed by atoms with Gasteiger partial charge in [-0.1, -0.05) is 0 Å². The van der Waals surface area contributed by atoms with Gasteiger partial charge < -0.3 is 15.2 Å². The molecule has 140 valence electrons. The van der Waals surface area contributed by atoms with Crippen LogP contribution in [0.15, 0.2) is 41.5 Å². The van der Waals surface area contributed by atoms with Crippen molar-refractivity contribution in [2.75, 3.05) is 12.4 Å². The third-order valence-electron chi connectivity index (χ3n) is 3.18. The van der Waals surface area contributed by atoms with E-state index in [9.17, 15) is 29.2 Å². The number of amides is 2. The highest BCUT2D eigenvalue weighted by atomic mass is 19.1. The maximum atomic E-state index is 12.8. The number of methoxy groups -OCH3 is 1. The molecule has 2 rings (SSSR count). The van der Waals surface area contributed by atoms with Crippen LogP contribution in [0, 0.1) is 15.9 Å². The Bertz CT molecular complexity index is 914. The van der Waals surface area contributed by atoms with Crippen LogP contribution >= 0.6 is 0 Å². The predicted molar refractivity (Wildman–Crippen MR) is 92.1 cm³/mol. The molecule has 0 radical (unpaired) electrons. The first-order valence-corrected chi connectivity index (χ1v) is 7.27.